The molecular formula is C12H19N3. The van der Waals surface area contributed by atoms with Gasteiger partial charge >= 0.3 is 0 Å². The van der Waals surface area contributed by atoms with E-state index >= 15 is 0 Å². The zero-order valence-electron chi connectivity index (χ0n) is 9.08. The highest BCUT2D eigenvalue weighted by Crippen LogP contribution is 2.27. The lowest BCUT2D eigenvalue weighted by molar-refractivity contribution is 0.518. The molecule has 1 aliphatic carbocycles. The minimum Gasteiger partial charge on any atom is -0.396 e. The van der Waals surface area contributed by atoms with Gasteiger partial charge in [0.05, 0.1) is 5.69 Å². The van der Waals surface area contributed by atoms with Gasteiger partial charge in [-0.15, -0.1) is 0 Å². The molecule has 1 saturated carbocycles. The van der Waals surface area contributed by atoms with Crippen molar-refractivity contribution in [2.75, 3.05) is 17.6 Å². The number of hydrogen-bond donors (Lipinski definition) is 2. The van der Waals surface area contributed by atoms with Gasteiger partial charge in [0.15, 0.2) is 0 Å². The van der Waals surface area contributed by atoms with Crippen molar-refractivity contribution in [1.29, 1.82) is 0 Å². The molecule has 1 heterocycles. The molecule has 0 amide bonds. The normalized spacial score (nSPS) is 16.8. The predicted octanol–water partition coefficient (Wildman–Crippen LogP) is 2.66. The van der Waals surface area contributed by atoms with Crippen LogP contribution in [0.1, 0.15) is 32.1 Å². The van der Waals surface area contributed by atoms with Gasteiger partial charge in [0.1, 0.15) is 5.82 Å². The molecule has 1 aliphatic rings. The Bertz CT molecular complexity index is 305. The second-order valence-electron chi connectivity index (χ2n) is 4.31. The Morgan fingerprint density at radius 1 is 1.40 bits per heavy atom. The van der Waals surface area contributed by atoms with E-state index in [0.29, 0.717) is 0 Å². The summed E-state index contributed by atoms with van der Waals surface area (Å²) < 4.78 is 0. The second-order valence-corrected chi connectivity index (χ2v) is 4.31. The monoisotopic (exact) mass is 205 g/mol. The highest BCUT2D eigenvalue weighted by Gasteiger charge is 2.14. The zero-order chi connectivity index (χ0) is 10.5. The van der Waals surface area contributed by atoms with Crippen LogP contribution >= 0.6 is 0 Å². The van der Waals surface area contributed by atoms with Gasteiger partial charge in [0, 0.05) is 12.7 Å². The standard InChI is InChI=1S/C12H19N3/c13-11-6-3-8-14-12(11)15-9-7-10-4-1-2-5-10/h3,6,8,10H,1-2,4-5,7,9,13H2,(H,14,15). The highest BCUT2D eigenvalue weighted by atomic mass is 15.0. The molecule has 1 aromatic rings. The first kappa shape index (κ1) is 10.3. The summed E-state index contributed by atoms with van der Waals surface area (Å²) in [7, 11) is 0. The number of nitrogens with zero attached hydrogens (tertiary/aromatic N) is 1. The first-order valence-corrected chi connectivity index (χ1v) is 5.80. The minimum absolute atomic E-state index is 0.740. The van der Waals surface area contributed by atoms with Gasteiger partial charge in [-0.3, -0.25) is 0 Å². The van der Waals surface area contributed by atoms with Gasteiger partial charge in [0.25, 0.3) is 0 Å². The lowest BCUT2D eigenvalue weighted by Crippen LogP contribution is -2.09. The number of pyridine rings is 1. The fourth-order valence-electron chi connectivity index (χ4n) is 2.26. The summed E-state index contributed by atoms with van der Waals surface area (Å²) in [5, 5.41) is 3.30. The van der Waals surface area contributed by atoms with Crippen LogP contribution in [0.4, 0.5) is 11.5 Å². The number of nitrogens with two attached hydrogens (primary N) is 1. The van der Waals surface area contributed by atoms with E-state index in [1.807, 2.05) is 12.1 Å². The van der Waals surface area contributed by atoms with Gasteiger partial charge in [-0.25, -0.2) is 4.98 Å². The third-order valence-corrected chi connectivity index (χ3v) is 3.16. The molecule has 1 aromatic heterocycles. The Morgan fingerprint density at radius 3 is 2.93 bits per heavy atom. The maximum atomic E-state index is 5.79. The Hall–Kier alpha value is -1.25. The first-order valence-electron chi connectivity index (χ1n) is 5.80. The van der Waals surface area contributed by atoms with Gasteiger partial charge in [-0.1, -0.05) is 25.7 Å². The van der Waals surface area contributed by atoms with Crippen molar-refractivity contribution in [2.24, 2.45) is 5.92 Å². The first-order chi connectivity index (χ1) is 7.36. The van der Waals surface area contributed by atoms with Crippen LogP contribution in [0, 0.1) is 5.92 Å². The number of nitrogens with one attached hydrogen (secondary N) is 1. The fourth-order valence-corrected chi connectivity index (χ4v) is 2.26. The summed E-state index contributed by atoms with van der Waals surface area (Å²) >= 11 is 0. The molecule has 0 aromatic carbocycles. The van der Waals surface area contributed by atoms with E-state index in [9.17, 15) is 0 Å². The molecule has 0 radical (unpaired) electrons. The number of hydrogen-bond acceptors (Lipinski definition) is 3. The molecule has 2 rings (SSSR count). The zero-order valence-corrected chi connectivity index (χ0v) is 9.08. The van der Waals surface area contributed by atoms with Crippen molar-refractivity contribution in [2.45, 2.75) is 32.1 Å². The summed E-state index contributed by atoms with van der Waals surface area (Å²) in [4.78, 5) is 4.21. The molecule has 0 aliphatic heterocycles. The van der Waals surface area contributed by atoms with Crippen molar-refractivity contribution >= 4 is 11.5 Å². The van der Waals surface area contributed by atoms with E-state index in [-0.39, 0.29) is 0 Å². The SMILES string of the molecule is Nc1cccnc1NCCC1CCCC1. The van der Waals surface area contributed by atoms with Gasteiger partial charge < -0.3 is 11.1 Å². The molecule has 0 atom stereocenters. The lowest BCUT2D eigenvalue weighted by Gasteiger charge is -2.11. The number of nitrogen functional groups attached to an aromatic ring is 1. The molecule has 0 unspecified atom stereocenters. The number of aromatic nitrogens is 1. The summed E-state index contributed by atoms with van der Waals surface area (Å²) in [5.41, 5.74) is 6.53. The van der Waals surface area contributed by atoms with E-state index in [2.05, 4.69) is 10.3 Å². The van der Waals surface area contributed by atoms with Crippen molar-refractivity contribution in [3.63, 3.8) is 0 Å². The van der Waals surface area contributed by atoms with Crippen LogP contribution in [0.15, 0.2) is 18.3 Å². The summed E-state index contributed by atoms with van der Waals surface area (Å²) in [5.74, 6) is 1.75. The van der Waals surface area contributed by atoms with E-state index < -0.39 is 0 Å². The molecular weight excluding hydrogens is 186 g/mol. The number of rotatable bonds is 4. The molecule has 0 spiro atoms. The van der Waals surface area contributed by atoms with Crippen LogP contribution in [0.5, 0.6) is 0 Å². The van der Waals surface area contributed by atoms with Crippen LogP contribution in [0.25, 0.3) is 0 Å². The van der Waals surface area contributed by atoms with Crippen molar-refractivity contribution in [3.8, 4) is 0 Å². The molecule has 1 fully saturated rings. The predicted molar refractivity (Wildman–Crippen MR) is 63.7 cm³/mol. The van der Waals surface area contributed by atoms with Crippen LogP contribution in [0.2, 0.25) is 0 Å². The summed E-state index contributed by atoms with van der Waals surface area (Å²) in [6, 6.07) is 3.74. The van der Waals surface area contributed by atoms with E-state index in [4.69, 9.17) is 5.73 Å². The molecule has 82 valence electrons. The quantitative estimate of drug-likeness (QED) is 0.794. The van der Waals surface area contributed by atoms with Crippen molar-refractivity contribution in [3.05, 3.63) is 18.3 Å². The largest absolute Gasteiger partial charge is 0.396 e. The van der Waals surface area contributed by atoms with E-state index in [1.54, 1.807) is 6.20 Å². The lowest BCUT2D eigenvalue weighted by atomic mass is 10.0. The van der Waals surface area contributed by atoms with Crippen LogP contribution in [0.3, 0.4) is 0 Å². The molecule has 0 bridgehead atoms. The summed E-state index contributed by atoms with van der Waals surface area (Å²) in [6.07, 6.45) is 8.65. The van der Waals surface area contributed by atoms with Crippen molar-refractivity contribution in [1.82, 2.24) is 4.98 Å². The topological polar surface area (TPSA) is 50.9 Å². The summed E-state index contributed by atoms with van der Waals surface area (Å²) in [6.45, 7) is 0.992. The molecule has 0 saturated heterocycles. The average molecular weight is 205 g/mol. The Labute approximate surface area is 91.1 Å². The smallest absolute Gasteiger partial charge is 0.149 e. The van der Waals surface area contributed by atoms with Crippen molar-refractivity contribution < 1.29 is 0 Å². The Balaban J connectivity index is 1.75. The third-order valence-electron chi connectivity index (χ3n) is 3.16. The molecule has 3 N–H and O–H groups in total. The molecule has 3 nitrogen and oxygen atoms in total. The second kappa shape index (κ2) is 5.01. The van der Waals surface area contributed by atoms with Gasteiger partial charge in [-0.2, -0.15) is 0 Å². The number of anilines is 2. The third kappa shape index (κ3) is 2.85. The van der Waals surface area contributed by atoms with Crippen LogP contribution in [-0.2, 0) is 0 Å². The maximum absolute atomic E-state index is 5.79. The fraction of sp³-hybridized carbons (Fsp3) is 0.583. The Morgan fingerprint density at radius 2 is 2.20 bits per heavy atom. The van der Waals surface area contributed by atoms with Gasteiger partial charge in [0.2, 0.25) is 0 Å². The Kier molecular flexibility index (Phi) is 3.43. The van der Waals surface area contributed by atoms with Crippen LogP contribution < -0.4 is 11.1 Å². The van der Waals surface area contributed by atoms with Crippen LogP contribution in [-0.4, -0.2) is 11.5 Å². The molecule has 15 heavy (non-hydrogen) atoms. The molecule has 3 heteroatoms. The van der Waals surface area contributed by atoms with Gasteiger partial charge in [-0.05, 0) is 24.5 Å². The highest BCUT2D eigenvalue weighted by molar-refractivity contribution is 5.60. The van der Waals surface area contributed by atoms with E-state index in [1.165, 1.54) is 32.1 Å². The maximum Gasteiger partial charge on any atom is 0.149 e. The van der Waals surface area contributed by atoms with E-state index in [0.717, 1.165) is 24.0 Å². The minimum atomic E-state index is 0.740. The average Bonchev–Trinajstić information content (AvgIpc) is 2.74.